The van der Waals surface area contributed by atoms with Crippen LogP contribution in [-0.2, 0) is 5.54 Å². The van der Waals surface area contributed by atoms with Crippen LogP contribution in [0.5, 0.6) is 0 Å². The molecule has 0 bridgehead atoms. The van der Waals surface area contributed by atoms with Gasteiger partial charge in [0, 0.05) is 32.0 Å². The molecular weight excluding hydrogens is 452 g/mol. The number of benzene rings is 1. The number of nitrogens with zero attached hydrogens (tertiary/aromatic N) is 1. The highest BCUT2D eigenvalue weighted by molar-refractivity contribution is 14.1. The van der Waals surface area contributed by atoms with E-state index >= 15 is 0 Å². The summed E-state index contributed by atoms with van der Waals surface area (Å²) >= 11 is 4.70. The minimum Gasteiger partial charge on any atom is -0.623 e. The standard InChI is InChI=1S/C14H17I2NO/c1-4-13-9-7-11(15)12(16)8-10(9)14(5-2,6-3)17(13)18/h7-8H,4-6H2,1-3H3. The maximum Gasteiger partial charge on any atom is 0.198 e. The van der Waals surface area contributed by atoms with Crippen LogP contribution in [0.4, 0.5) is 0 Å². The summed E-state index contributed by atoms with van der Waals surface area (Å²) < 4.78 is 3.75. The fourth-order valence-corrected chi connectivity index (χ4v) is 3.83. The Balaban J connectivity index is 2.77. The van der Waals surface area contributed by atoms with Crippen LogP contribution in [0, 0.1) is 12.3 Å². The van der Waals surface area contributed by atoms with E-state index < -0.39 is 0 Å². The van der Waals surface area contributed by atoms with Crippen molar-refractivity contribution in [3.63, 3.8) is 0 Å². The van der Waals surface area contributed by atoms with Crippen LogP contribution in [0.25, 0.3) is 0 Å². The topological polar surface area (TPSA) is 26.1 Å². The van der Waals surface area contributed by atoms with Crippen molar-refractivity contribution in [1.29, 1.82) is 0 Å². The Kier molecular flexibility index (Phi) is 4.26. The molecule has 0 atom stereocenters. The van der Waals surface area contributed by atoms with E-state index in [-0.39, 0.29) is 5.54 Å². The zero-order valence-corrected chi connectivity index (χ0v) is 15.2. The lowest BCUT2D eigenvalue weighted by molar-refractivity contribution is -0.557. The Morgan fingerprint density at radius 2 is 1.67 bits per heavy atom. The number of hydrogen-bond acceptors (Lipinski definition) is 1. The number of hydroxylamine groups is 1. The molecule has 0 aliphatic carbocycles. The summed E-state index contributed by atoms with van der Waals surface area (Å²) in [6.45, 7) is 6.29. The highest BCUT2D eigenvalue weighted by atomic mass is 127. The van der Waals surface area contributed by atoms with E-state index in [0.29, 0.717) is 0 Å². The molecule has 2 nitrogen and oxygen atoms in total. The van der Waals surface area contributed by atoms with E-state index in [9.17, 15) is 5.21 Å². The van der Waals surface area contributed by atoms with Crippen LogP contribution in [0.2, 0.25) is 0 Å². The predicted octanol–water partition coefficient (Wildman–Crippen LogP) is 4.63. The van der Waals surface area contributed by atoms with Gasteiger partial charge in [0.05, 0.1) is 5.56 Å². The molecule has 4 heteroatoms. The minimum absolute atomic E-state index is 0.342. The molecule has 18 heavy (non-hydrogen) atoms. The Hall–Kier alpha value is 0.150. The lowest BCUT2D eigenvalue weighted by Gasteiger charge is -2.27. The number of fused-ring (bicyclic) bond motifs is 1. The van der Waals surface area contributed by atoms with Gasteiger partial charge >= 0.3 is 0 Å². The van der Waals surface area contributed by atoms with Crippen LogP contribution in [0.1, 0.15) is 51.2 Å². The van der Waals surface area contributed by atoms with Gasteiger partial charge in [-0.1, -0.05) is 20.8 Å². The minimum atomic E-state index is -0.342. The molecule has 0 unspecified atom stereocenters. The monoisotopic (exact) mass is 469 g/mol. The molecule has 1 aliphatic rings. The van der Waals surface area contributed by atoms with E-state index in [4.69, 9.17) is 0 Å². The Labute approximate surface area is 136 Å². The van der Waals surface area contributed by atoms with Crippen molar-refractivity contribution in [3.05, 3.63) is 35.6 Å². The zero-order chi connectivity index (χ0) is 13.5. The Morgan fingerprint density at radius 3 is 2.17 bits per heavy atom. The van der Waals surface area contributed by atoms with Crippen molar-refractivity contribution in [2.75, 3.05) is 0 Å². The first kappa shape index (κ1) is 14.6. The molecule has 0 saturated heterocycles. The van der Waals surface area contributed by atoms with Gasteiger partial charge in [-0.25, -0.2) is 0 Å². The molecule has 98 valence electrons. The summed E-state index contributed by atoms with van der Waals surface area (Å²) in [5, 5.41) is 12.7. The van der Waals surface area contributed by atoms with E-state index in [2.05, 4.69) is 78.1 Å². The van der Waals surface area contributed by atoms with Gasteiger partial charge in [0.15, 0.2) is 11.3 Å². The van der Waals surface area contributed by atoms with Crippen LogP contribution < -0.4 is 0 Å². The maximum atomic E-state index is 12.7. The highest BCUT2D eigenvalue weighted by Crippen LogP contribution is 2.42. The average Bonchev–Trinajstić information content (AvgIpc) is 2.59. The SMILES string of the molecule is CCC1=[N+]([O-])C(CC)(CC)c2cc(I)c(I)cc21. The molecule has 0 N–H and O–H groups in total. The second-order valence-electron chi connectivity index (χ2n) is 4.65. The van der Waals surface area contributed by atoms with E-state index in [0.717, 1.165) is 25.0 Å². The third-order valence-electron chi connectivity index (χ3n) is 4.01. The molecule has 0 aromatic heterocycles. The summed E-state index contributed by atoms with van der Waals surface area (Å²) in [7, 11) is 0. The van der Waals surface area contributed by atoms with Crippen molar-refractivity contribution in [1.82, 2.24) is 0 Å². The molecule has 0 amide bonds. The van der Waals surface area contributed by atoms with Gasteiger partial charge in [-0.15, -0.1) is 0 Å². The third-order valence-corrected chi connectivity index (χ3v) is 6.83. The van der Waals surface area contributed by atoms with Crippen molar-refractivity contribution in [2.24, 2.45) is 0 Å². The van der Waals surface area contributed by atoms with E-state index in [1.807, 2.05) is 0 Å². The normalized spacial score (nSPS) is 17.2. The second kappa shape index (κ2) is 5.26. The van der Waals surface area contributed by atoms with Gasteiger partial charge in [-0.2, -0.15) is 4.74 Å². The Bertz CT molecular complexity index is 519. The third kappa shape index (κ3) is 1.90. The quantitative estimate of drug-likeness (QED) is 0.360. The molecule has 1 aromatic rings. The molecule has 0 saturated carbocycles. The molecule has 1 heterocycles. The van der Waals surface area contributed by atoms with Gasteiger partial charge in [-0.05, 0) is 57.3 Å². The summed E-state index contributed by atoms with van der Waals surface area (Å²) in [6.07, 6.45) is 2.52. The van der Waals surface area contributed by atoms with Crippen LogP contribution in [0.3, 0.4) is 0 Å². The fraction of sp³-hybridized carbons (Fsp3) is 0.500. The first-order chi connectivity index (χ1) is 8.51. The lowest BCUT2D eigenvalue weighted by atomic mass is 9.84. The summed E-state index contributed by atoms with van der Waals surface area (Å²) in [5.41, 5.74) is 3.00. The van der Waals surface area contributed by atoms with Gasteiger partial charge in [0.2, 0.25) is 0 Å². The molecule has 2 rings (SSSR count). The zero-order valence-electron chi connectivity index (χ0n) is 10.9. The van der Waals surface area contributed by atoms with Gasteiger partial charge in [0.25, 0.3) is 0 Å². The first-order valence-electron chi connectivity index (χ1n) is 6.34. The molecule has 1 aliphatic heterocycles. The molecule has 0 radical (unpaired) electrons. The highest BCUT2D eigenvalue weighted by Gasteiger charge is 2.47. The predicted molar refractivity (Wildman–Crippen MR) is 92.2 cm³/mol. The first-order valence-corrected chi connectivity index (χ1v) is 8.50. The van der Waals surface area contributed by atoms with E-state index in [1.54, 1.807) is 0 Å². The summed E-state index contributed by atoms with van der Waals surface area (Å²) in [5.74, 6) is 0. The maximum absolute atomic E-state index is 12.7. The summed E-state index contributed by atoms with van der Waals surface area (Å²) in [4.78, 5) is 0. The van der Waals surface area contributed by atoms with Crippen LogP contribution in [0.15, 0.2) is 12.1 Å². The van der Waals surface area contributed by atoms with Crippen molar-refractivity contribution < 1.29 is 4.74 Å². The van der Waals surface area contributed by atoms with Gasteiger partial charge in [-0.3, -0.25) is 0 Å². The van der Waals surface area contributed by atoms with Crippen molar-refractivity contribution in [2.45, 2.75) is 45.6 Å². The molecule has 0 spiro atoms. The summed E-state index contributed by atoms with van der Waals surface area (Å²) in [6, 6.07) is 4.38. The number of hydrogen-bond donors (Lipinski definition) is 0. The molecule has 1 aromatic carbocycles. The fourth-order valence-electron chi connectivity index (χ4n) is 2.90. The molecule has 0 fully saturated rings. The average molecular weight is 469 g/mol. The second-order valence-corrected chi connectivity index (χ2v) is 6.97. The van der Waals surface area contributed by atoms with Crippen molar-refractivity contribution in [3.8, 4) is 0 Å². The van der Waals surface area contributed by atoms with Gasteiger partial charge in [0.1, 0.15) is 0 Å². The number of halogens is 2. The van der Waals surface area contributed by atoms with Crippen LogP contribution >= 0.6 is 45.2 Å². The smallest absolute Gasteiger partial charge is 0.198 e. The largest absolute Gasteiger partial charge is 0.623 e. The Morgan fingerprint density at radius 1 is 1.11 bits per heavy atom. The number of rotatable bonds is 3. The lowest BCUT2D eigenvalue weighted by Crippen LogP contribution is -2.33. The van der Waals surface area contributed by atoms with Crippen LogP contribution in [-0.4, -0.2) is 10.5 Å². The van der Waals surface area contributed by atoms with Gasteiger partial charge < -0.3 is 5.21 Å². The van der Waals surface area contributed by atoms with E-state index in [1.165, 1.54) is 23.0 Å². The van der Waals surface area contributed by atoms with Crippen molar-refractivity contribution >= 4 is 50.9 Å². The molecular formula is C14H17I2NO.